The minimum Gasteiger partial charge on any atom is -0.266 e. The summed E-state index contributed by atoms with van der Waals surface area (Å²) in [6.07, 6.45) is 0.944. The van der Waals surface area contributed by atoms with Crippen molar-refractivity contribution in [1.82, 2.24) is 9.78 Å². The van der Waals surface area contributed by atoms with E-state index in [4.69, 9.17) is 0 Å². The highest BCUT2D eigenvalue weighted by atomic mass is 79.9. The van der Waals surface area contributed by atoms with Gasteiger partial charge >= 0.3 is 0 Å². The Labute approximate surface area is 111 Å². The molecule has 17 heavy (non-hydrogen) atoms. The number of hydrogen-bond donors (Lipinski definition) is 0. The standard InChI is InChI=1S/C14H17BrN2/c1-5-12-13(15)14(17(4)16-12)11-8-9(2)6-7-10(11)3/h6-8H,5H2,1-4H3. The Kier molecular flexibility index (Phi) is 3.38. The van der Waals surface area contributed by atoms with Gasteiger partial charge in [-0.15, -0.1) is 0 Å². The Morgan fingerprint density at radius 1 is 1.29 bits per heavy atom. The van der Waals surface area contributed by atoms with Crippen molar-refractivity contribution in [2.45, 2.75) is 27.2 Å². The molecule has 0 aliphatic rings. The van der Waals surface area contributed by atoms with Crippen molar-refractivity contribution >= 4 is 15.9 Å². The molecule has 0 N–H and O–H groups in total. The average molecular weight is 293 g/mol. The Morgan fingerprint density at radius 3 is 2.59 bits per heavy atom. The molecule has 0 bridgehead atoms. The first kappa shape index (κ1) is 12.4. The van der Waals surface area contributed by atoms with Crippen molar-refractivity contribution in [1.29, 1.82) is 0 Å². The maximum atomic E-state index is 4.55. The number of halogens is 1. The maximum absolute atomic E-state index is 4.55. The van der Waals surface area contributed by atoms with E-state index < -0.39 is 0 Å². The van der Waals surface area contributed by atoms with Crippen LogP contribution in [0.1, 0.15) is 23.7 Å². The normalized spacial score (nSPS) is 10.9. The van der Waals surface area contributed by atoms with Crippen molar-refractivity contribution in [3.05, 3.63) is 39.5 Å². The number of benzene rings is 1. The Morgan fingerprint density at radius 2 is 2.00 bits per heavy atom. The minimum atomic E-state index is 0.944. The summed E-state index contributed by atoms with van der Waals surface area (Å²) in [7, 11) is 2.00. The number of hydrogen-bond acceptors (Lipinski definition) is 1. The molecule has 2 nitrogen and oxygen atoms in total. The number of aryl methyl sites for hydroxylation is 4. The molecule has 0 saturated carbocycles. The van der Waals surface area contributed by atoms with Crippen LogP contribution in [0.2, 0.25) is 0 Å². The topological polar surface area (TPSA) is 17.8 Å². The SMILES string of the molecule is CCc1nn(C)c(-c2cc(C)ccc2C)c1Br. The molecular formula is C14H17BrN2. The molecule has 1 aromatic carbocycles. The summed E-state index contributed by atoms with van der Waals surface area (Å²) in [5.41, 5.74) is 6.09. The van der Waals surface area contributed by atoms with Gasteiger partial charge in [-0.1, -0.05) is 24.6 Å². The average Bonchev–Trinajstić information content (AvgIpc) is 2.58. The fourth-order valence-electron chi connectivity index (χ4n) is 2.06. The molecule has 0 radical (unpaired) electrons. The Balaban J connectivity index is 2.68. The summed E-state index contributed by atoms with van der Waals surface area (Å²) >= 11 is 3.67. The van der Waals surface area contributed by atoms with Crippen LogP contribution >= 0.6 is 15.9 Å². The summed E-state index contributed by atoms with van der Waals surface area (Å²) in [6, 6.07) is 6.52. The predicted molar refractivity (Wildman–Crippen MR) is 75.2 cm³/mol. The summed E-state index contributed by atoms with van der Waals surface area (Å²) < 4.78 is 3.08. The van der Waals surface area contributed by atoms with E-state index in [1.807, 2.05) is 11.7 Å². The van der Waals surface area contributed by atoms with Crippen LogP contribution in [0.25, 0.3) is 11.3 Å². The molecule has 1 heterocycles. The molecule has 0 fully saturated rings. The van der Waals surface area contributed by atoms with E-state index in [-0.39, 0.29) is 0 Å². The summed E-state index contributed by atoms with van der Waals surface area (Å²) in [4.78, 5) is 0. The van der Waals surface area contributed by atoms with E-state index in [2.05, 4.69) is 60.0 Å². The lowest BCUT2D eigenvalue weighted by Gasteiger charge is -2.08. The highest BCUT2D eigenvalue weighted by Gasteiger charge is 2.15. The summed E-state index contributed by atoms with van der Waals surface area (Å²) in [5.74, 6) is 0. The first-order valence-corrected chi connectivity index (χ1v) is 6.63. The first-order valence-electron chi connectivity index (χ1n) is 5.83. The smallest absolute Gasteiger partial charge is 0.0826 e. The molecule has 0 aliphatic heterocycles. The number of nitrogens with zero attached hydrogens (tertiary/aromatic N) is 2. The number of rotatable bonds is 2. The van der Waals surface area contributed by atoms with Crippen LogP contribution in [0.3, 0.4) is 0 Å². The molecule has 0 amide bonds. The summed E-state index contributed by atoms with van der Waals surface area (Å²) in [6.45, 7) is 6.38. The largest absolute Gasteiger partial charge is 0.266 e. The van der Waals surface area contributed by atoms with Gasteiger partial charge in [0.25, 0.3) is 0 Å². The lowest BCUT2D eigenvalue weighted by atomic mass is 10.0. The van der Waals surface area contributed by atoms with Gasteiger partial charge < -0.3 is 0 Å². The van der Waals surface area contributed by atoms with E-state index in [1.165, 1.54) is 22.4 Å². The van der Waals surface area contributed by atoms with Crippen molar-refractivity contribution in [3.63, 3.8) is 0 Å². The van der Waals surface area contributed by atoms with Crippen molar-refractivity contribution in [2.24, 2.45) is 7.05 Å². The minimum absolute atomic E-state index is 0.944. The van der Waals surface area contributed by atoms with Gasteiger partial charge in [-0.2, -0.15) is 5.10 Å². The lowest BCUT2D eigenvalue weighted by molar-refractivity contribution is 0.752. The van der Waals surface area contributed by atoms with Crippen molar-refractivity contribution < 1.29 is 0 Å². The van der Waals surface area contributed by atoms with E-state index in [0.29, 0.717) is 0 Å². The molecule has 0 aliphatic carbocycles. The molecule has 3 heteroatoms. The van der Waals surface area contributed by atoms with Gasteiger partial charge in [0.15, 0.2) is 0 Å². The van der Waals surface area contributed by atoms with Crippen LogP contribution in [0.15, 0.2) is 22.7 Å². The van der Waals surface area contributed by atoms with Gasteiger partial charge in [0.2, 0.25) is 0 Å². The second kappa shape index (κ2) is 4.65. The van der Waals surface area contributed by atoms with E-state index in [0.717, 1.165) is 16.6 Å². The van der Waals surface area contributed by atoms with Crippen molar-refractivity contribution in [3.8, 4) is 11.3 Å². The zero-order chi connectivity index (χ0) is 12.6. The quantitative estimate of drug-likeness (QED) is 0.817. The zero-order valence-electron chi connectivity index (χ0n) is 10.7. The van der Waals surface area contributed by atoms with Gasteiger partial charge in [0.05, 0.1) is 15.9 Å². The van der Waals surface area contributed by atoms with Gasteiger partial charge in [-0.05, 0) is 47.8 Å². The fourth-order valence-corrected chi connectivity index (χ4v) is 2.89. The monoisotopic (exact) mass is 292 g/mol. The van der Waals surface area contributed by atoms with E-state index in [9.17, 15) is 0 Å². The third kappa shape index (κ3) is 2.16. The predicted octanol–water partition coefficient (Wildman–Crippen LogP) is 4.03. The van der Waals surface area contributed by atoms with Crippen LogP contribution in [0, 0.1) is 13.8 Å². The first-order chi connectivity index (χ1) is 8.04. The molecular weight excluding hydrogens is 276 g/mol. The van der Waals surface area contributed by atoms with Crippen LogP contribution in [-0.4, -0.2) is 9.78 Å². The van der Waals surface area contributed by atoms with Gasteiger partial charge in [0, 0.05) is 12.6 Å². The van der Waals surface area contributed by atoms with Gasteiger partial charge in [-0.25, -0.2) is 0 Å². The maximum Gasteiger partial charge on any atom is 0.0826 e. The molecule has 0 atom stereocenters. The van der Waals surface area contributed by atoms with Gasteiger partial charge in [0.1, 0.15) is 0 Å². The lowest BCUT2D eigenvalue weighted by Crippen LogP contribution is -1.96. The van der Waals surface area contributed by atoms with E-state index in [1.54, 1.807) is 0 Å². The number of aromatic nitrogens is 2. The molecule has 90 valence electrons. The molecule has 1 aromatic heterocycles. The molecule has 2 rings (SSSR count). The van der Waals surface area contributed by atoms with E-state index >= 15 is 0 Å². The van der Waals surface area contributed by atoms with Crippen LogP contribution in [0.5, 0.6) is 0 Å². The highest BCUT2D eigenvalue weighted by Crippen LogP contribution is 2.33. The third-order valence-electron chi connectivity index (χ3n) is 3.04. The fraction of sp³-hybridized carbons (Fsp3) is 0.357. The van der Waals surface area contributed by atoms with Crippen LogP contribution < -0.4 is 0 Å². The Hall–Kier alpha value is -1.09. The second-order valence-corrected chi connectivity index (χ2v) is 5.20. The van der Waals surface area contributed by atoms with Gasteiger partial charge in [-0.3, -0.25) is 4.68 Å². The Bertz CT molecular complexity index is 556. The van der Waals surface area contributed by atoms with Crippen LogP contribution in [0.4, 0.5) is 0 Å². The highest BCUT2D eigenvalue weighted by molar-refractivity contribution is 9.10. The second-order valence-electron chi connectivity index (χ2n) is 4.40. The third-order valence-corrected chi connectivity index (χ3v) is 3.87. The zero-order valence-corrected chi connectivity index (χ0v) is 12.3. The molecule has 0 spiro atoms. The summed E-state index contributed by atoms with van der Waals surface area (Å²) in [5, 5.41) is 4.55. The molecule has 0 saturated heterocycles. The molecule has 2 aromatic rings. The molecule has 0 unspecified atom stereocenters. The van der Waals surface area contributed by atoms with Crippen molar-refractivity contribution in [2.75, 3.05) is 0 Å². The van der Waals surface area contributed by atoms with Crippen LogP contribution in [-0.2, 0) is 13.5 Å².